The van der Waals surface area contributed by atoms with Crippen LogP contribution in [0.5, 0.6) is 0 Å². The monoisotopic (exact) mass is 308 g/mol. The normalized spacial score (nSPS) is 11.3. The minimum Gasteiger partial charge on any atom is -0.478 e. The Kier molecular flexibility index (Phi) is 2.68. The molecule has 0 amide bonds. The summed E-state index contributed by atoms with van der Waals surface area (Å²) in [5.74, 6) is -0.596. The van der Waals surface area contributed by atoms with E-state index in [1.165, 1.54) is 6.07 Å². The molecule has 0 radical (unpaired) electrons. The van der Waals surface area contributed by atoms with Gasteiger partial charge in [0.15, 0.2) is 5.58 Å². The van der Waals surface area contributed by atoms with Gasteiger partial charge in [-0.25, -0.2) is 9.78 Å². The number of anilines is 1. The van der Waals surface area contributed by atoms with Crippen LogP contribution >= 0.6 is 0 Å². The fourth-order valence-electron chi connectivity index (χ4n) is 2.61. The Balaban J connectivity index is 1.98. The number of aryl methyl sites for hydroxylation is 1. The molecule has 23 heavy (non-hydrogen) atoms. The number of carbonyl (C=O) groups is 1. The molecule has 4 rings (SSSR count). The molecule has 0 saturated carbocycles. The second-order valence-electron chi connectivity index (χ2n) is 5.32. The first kappa shape index (κ1) is 13.4. The van der Waals surface area contributed by atoms with Gasteiger partial charge in [0.1, 0.15) is 11.1 Å². The molecule has 3 N–H and O–H groups in total. The number of hydrogen-bond acceptors (Lipinski definition) is 5. The molecule has 0 unspecified atom stereocenters. The van der Waals surface area contributed by atoms with E-state index in [1.807, 2.05) is 25.1 Å². The summed E-state index contributed by atoms with van der Waals surface area (Å²) in [6.45, 7) is 1.96. The van der Waals surface area contributed by atoms with Crippen LogP contribution in [0.4, 0.5) is 5.69 Å². The first-order valence-corrected chi connectivity index (χ1v) is 6.96. The molecule has 0 fully saturated rings. The van der Waals surface area contributed by atoms with Crippen LogP contribution in [0.2, 0.25) is 0 Å². The molecule has 0 atom stereocenters. The zero-order valence-corrected chi connectivity index (χ0v) is 12.2. The van der Waals surface area contributed by atoms with Crippen molar-refractivity contribution in [2.24, 2.45) is 0 Å². The van der Waals surface area contributed by atoms with Crippen molar-refractivity contribution in [3.63, 3.8) is 0 Å². The van der Waals surface area contributed by atoms with Crippen LogP contribution in [0, 0.1) is 6.92 Å². The quantitative estimate of drug-likeness (QED) is 0.583. The molecule has 0 spiro atoms. The molecule has 114 valence electrons. The minimum atomic E-state index is -1.07. The molecular formula is C17H12N2O4. The van der Waals surface area contributed by atoms with E-state index in [1.54, 1.807) is 12.1 Å². The zero-order chi connectivity index (χ0) is 16.1. The summed E-state index contributed by atoms with van der Waals surface area (Å²) in [6, 6.07) is 10.4. The third-order valence-corrected chi connectivity index (χ3v) is 3.73. The molecule has 2 aromatic heterocycles. The highest BCUT2D eigenvalue weighted by molar-refractivity contribution is 6.02. The lowest BCUT2D eigenvalue weighted by Crippen LogP contribution is -1.96. The first-order valence-electron chi connectivity index (χ1n) is 6.96. The SMILES string of the molecule is Cc1ccc2oc(-c3nc4c(C(=O)O)cccc4o3)c(N)c2c1. The number of para-hydroxylation sites is 1. The van der Waals surface area contributed by atoms with Gasteiger partial charge in [0.2, 0.25) is 5.76 Å². The maximum absolute atomic E-state index is 11.3. The third-order valence-electron chi connectivity index (χ3n) is 3.73. The number of carboxylic acids is 1. The fraction of sp³-hybridized carbons (Fsp3) is 0.0588. The standard InChI is InChI=1S/C17H12N2O4/c1-8-5-6-11-10(7-8)13(18)15(22-11)16-19-14-9(17(20)21)3-2-4-12(14)23-16/h2-7H,18H2,1H3,(H,20,21). The molecule has 6 nitrogen and oxygen atoms in total. The van der Waals surface area contributed by atoms with Gasteiger partial charge in [-0.3, -0.25) is 0 Å². The molecule has 6 heteroatoms. The van der Waals surface area contributed by atoms with Crippen LogP contribution in [-0.4, -0.2) is 16.1 Å². The molecule has 0 aliphatic carbocycles. The Bertz CT molecular complexity index is 1080. The van der Waals surface area contributed by atoms with E-state index in [9.17, 15) is 9.90 Å². The van der Waals surface area contributed by atoms with Crippen molar-refractivity contribution >= 4 is 33.7 Å². The molecule has 0 aliphatic heterocycles. The number of fused-ring (bicyclic) bond motifs is 2. The lowest BCUT2D eigenvalue weighted by molar-refractivity contribution is 0.0699. The van der Waals surface area contributed by atoms with Crippen LogP contribution < -0.4 is 5.73 Å². The topological polar surface area (TPSA) is 102 Å². The molecule has 2 heterocycles. The summed E-state index contributed by atoms with van der Waals surface area (Å²) in [6.07, 6.45) is 0. The van der Waals surface area contributed by atoms with Crippen LogP contribution in [0.15, 0.2) is 45.2 Å². The number of benzene rings is 2. The van der Waals surface area contributed by atoms with Crippen molar-refractivity contribution in [2.45, 2.75) is 6.92 Å². The van der Waals surface area contributed by atoms with Crippen LogP contribution in [0.3, 0.4) is 0 Å². The maximum Gasteiger partial charge on any atom is 0.338 e. The number of rotatable bonds is 2. The number of nitrogens with two attached hydrogens (primary N) is 1. The van der Waals surface area contributed by atoms with Crippen molar-refractivity contribution < 1.29 is 18.7 Å². The summed E-state index contributed by atoms with van der Waals surface area (Å²) in [7, 11) is 0. The number of carboxylic acid groups (broad SMARTS) is 1. The molecule has 2 aromatic carbocycles. The smallest absolute Gasteiger partial charge is 0.338 e. The van der Waals surface area contributed by atoms with Crippen LogP contribution in [-0.2, 0) is 0 Å². The van der Waals surface area contributed by atoms with E-state index in [0.717, 1.165) is 10.9 Å². The third kappa shape index (κ3) is 1.96. The van der Waals surface area contributed by atoms with Gasteiger partial charge in [0.25, 0.3) is 5.89 Å². The van der Waals surface area contributed by atoms with E-state index >= 15 is 0 Å². The van der Waals surface area contributed by atoms with Crippen molar-refractivity contribution in [1.82, 2.24) is 4.98 Å². The van der Waals surface area contributed by atoms with Gasteiger partial charge >= 0.3 is 5.97 Å². The predicted octanol–water partition coefficient (Wildman–Crippen LogP) is 3.83. The Labute approximate surface area is 130 Å². The highest BCUT2D eigenvalue weighted by Gasteiger charge is 2.21. The maximum atomic E-state index is 11.3. The van der Waals surface area contributed by atoms with E-state index in [4.69, 9.17) is 14.6 Å². The Morgan fingerprint density at radius 2 is 2.00 bits per heavy atom. The van der Waals surface area contributed by atoms with Gasteiger partial charge in [-0.15, -0.1) is 0 Å². The highest BCUT2D eigenvalue weighted by Crippen LogP contribution is 2.37. The van der Waals surface area contributed by atoms with Gasteiger partial charge in [-0.2, -0.15) is 0 Å². The number of nitrogens with zero attached hydrogens (tertiary/aromatic N) is 1. The van der Waals surface area contributed by atoms with E-state index in [-0.39, 0.29) is 17.0 Å². The second-order valence-corrected chi connectivity index (χ2v) is 5.32. The molecule has 4 aromatic rings. The number of nitrogen functional groups attached to an aromatic ring is 1. The van der Waals surface area contributed by atoms with Crippen LogP contribution in [0.1, 0.15) is 15.9 Å². The number of aromatic nitrogens is 1. The predicted molar refractivity (Wildman–Crippen MR) is 85.3 cm³/mol. The lowest BCUT2D eigenvalue weighted by Gasteiger charge is -1.92. The summed E-state index contributed by atoms with van der Waals surface area (Å²) in [5, 5.41) is 10.0. The van der Waals surface area contributed by atoms with Gasteiger partial charge in [0.05, 0.1) is 11.3 Å². The molecule has 0 saturated heterocycles. The van der Waals surface area contributed by atoms with Crippen molar-refractivity contribution in [2.75, 3.05) is 5.73 Å². The molecular weight excluding hydrogens is 296 g/mol. The van der Waals surface area contributed by atoms with Gasteiger partial charge in [0, 0.05) is 5.39 Å². The van der Waals surface area contributed by atoms with Crippen LogP contribution in [0.25, 0.3) is 33.7 Å². The van der Waals surface area contributed by atoms with E-state index in [0.29, 0.717) is 22.6 Å². The highest BCUT2D eigenvalue weighted by atomic mass is 16.4. The van der Waals surface area contributed by atoms with Gasteiger partial charge < -0.3 is 19.7 Å². The summed E-state index contributed by atoms with van der Waals surface area (Å²) in [4.78, 5) is 15.5. The Morgan fingerprint density at radius 1 is 1.17 bits per heavy atom. The van der Waals surface area contributed by atoms with E-state index in [2.05, 4.69) is 4.98 Å². The second kappa shape index (κ2) is 4.61. The largest absolute Gasteiger partial charge is 0.478 e. The number of oxazole rings is 1. The van der Waals surface area contributed by atoms with Crippen molar-refractivity contribution in [3.05, 3.63) is 47.5 Å². The number of hydrogen-bond donors (Lipinski definition) is 2. The summed E-state index contributed by atoms with van der Waals surface area (Å²) >= 11 is 0. The number of furan rings is 1. The molecule has 0 aliphatic rings. The fourth-order valence-corrected chi connectivity index (χ4v) is 2.61. The summed E-state index contributed by atoms with van der Waals surface area (Å²) in [5.41, 5.74) is 8.97. The van der Waals surface area contributed by atoms with Crippen molar-refractivity contribution in [3.8, 4) is 11.7 Å². The van der Waals surface area contributed by atoms with Gasteiger partial charge in [-0.05, 0) is 31.2 Å². The zero-order valence-electron chi connectivity index (χ0n) is 12.2. The Morgan fingerprint density at radius 3 is 2.78 bits per heavy atom. The van der Waals surface area contributed by atoms with Gasteiger partial charge in [-0.1, -0.05) is 17.7 Å². The lowest BCUT2D eigenvalue weighted by atomic mass is 10.1. The average Bonchev–Trinajstić information content (AvgIpc) is 3.08. The minimum absolute atomic E-state index is 0.0722. The van der Waals surface area contributed by atoms with Crippen molar-refractivity contribution in [1.29, 1.82) is 0 Å². The molecule has 0 bridgehead atoms. The average molecular weight is 308 g/mol. The van der Waals surface area contributed by atoms with E-state index < -0.39 is 5.97 Å². The first-order chi connectivity index (χ1) is 11.0. The Hall–Kier alpha value is -3.28. The summed E-state index contributed by atoms with van der Waals surface area (Å²) < 4.78 is 11.4. The number of aromatic carboxylic acids is 1.